The minimum Gasteiger partial charge on any atom is -0.497 e. The van der Waals surface area contributed by atoms with E-state index in [1.165, 1.54) is 7.11 Å². The molecule has 0 radical (unpaired) electrons. The number of hydrogen-bond donors (Lipinski definition) is 1. The van der Waals surface area contributed by atoms with Crippen LogP contribution in [0.5, 0.6) is 11.5 Å². The van der Waals surface area contributed by atoms with Crippen molar-refractivity contribution in [3.8, 4) is 11.5 Å². The van der Waals surface area contributed by atoms with E-state index in [-0.39, 0.29) is 12.7 Å². The van der Waals surface area contributed by atoms with Crippen LogP contribution in [0.15, 0.2) is 53.5 Å². The lowest BCUT2D eigenvalue weighted by Gasteiger charge is -2.22. The van der Waals surface area contributed by atoms with Crippen molar-refractivity contribution in [1.82, 2.24) is 5.48 Å². The quantitative estimate of drug-likeness (QED) is 0.800. The van der Waals surface area contributed by atoms with E-state index >= 15 is 0 Å². The Morgan fingerprint density at radius 3 is 2.65 bits per heavy atom. The molecule has 0 aromatic heterocycles. The van der Waals surface area contributed by atoms with Crippen LogP contribution >= 0.6 is 0 Å². The molecule has 0 saturated carbocycles. The standard InChI is InChI=1S/C19H20N2O5/c1-23-14-8-9-16(17(10-14)24-2)19(22)25-12-15-11-20-18(21-26-15)13-6-4-3-5-7-13/h3-10,15H,11-12H2,1-2H3,(H,20,21)/t15-/m0/s1. The van der Waals surface area contributed by atoms with Crippen molar-refractivity contribution in [3.05, 3.63) is 59.7 Å². The van der Waals surface area contributed by atoms with E-state index in [9.17, 15) is 4.79 Å². The van der Waals surface area contributed by atoms with Gasteiger partial charge in [-0.3, -0.25) is 9.83 Å². The summed E-state index contributed by atoms with van der Waals surface area (Å²) in [6.45, 7) is 0.469. The molecule has 136 valence electrons. The Bertz CT molecular complexity index is 792. The number of hydroxylamine groups is 1. The van der Waals surface area contributed by atoms with E-state index < -0.39 is 5.97 Å². The smallest absolute Gasteiger partial charge is 0.342 e. The second-order valence-corrected chi connectivity index (χ2v) is 5.56. The van der Waals surface area contributed by atoms with Gasteiger partial charge >= 0.3 is 5.97 Å². The number of aliphatic imine (C=N–C) groups is 1. The lowest BCUT2D eigenvalue weighted by atomic mass is 10.2. The Hall–Kier alpha value is -3.06. The highest BCUT2D eigenvalue weighted by atomic mass is 16.7. The summed E-state index contributed by atoms with van der Waals surface area (Å²) in [5.74, 6) is 1.15. The minimum absolute atomic E-state index is 0.0760. The zero-order valence-corrected chi connectivity index (χ0v) is 14.6. The molecule has 7 nitrogen and oxygen atoms in total. The average Bonchev–Trinajstić information content (AvgIpc) is 2.72. The molecule has 2 aromatic rings. The second-order valence-electron chi connectivity index (χ2n) is 5.56. The van der Waals surface area contributed by atoms with E-state index in [0.29, 0.717) is 29.4 Å². The van der Waals surface area contributed by atoms with Gasteiger partial charge in [0.1, 0.15) is 29.8 Å². The molecule has 0 fully saturated rings. The van der Waals surface area contributed by atoms with Crippen LogP contribution in [0.2, 0.25) is 0 Å². The van der Waals surface area contributed by atoms with Gasteiger partial charge in [0.25, 0.3) is 0 Å². The zero-order valence-electron chi connectivity index (χ0n) is 14.6. The van der Waals surface area contributed by atoms with E-state index in [2.05, 4.69) is 10.5 Å². The number of nitrogens with zero attached hydrogens (tertiary/aromatic N) is 1. The first kappa shape index (κ1) is 17.8. The third-order valence-electron chi connectivity index (χ3n) is 3.85. The summed E-state index contributed by atoms with van der Waals surface area (Å²) in [6.07, 6.45) is -0.365. The Morgan fingerprint density at radius 1 is 1.19 bits per heavy atom. The van der Waals surface area contributed by atoms with Gasteiger partial charge in [-0.1, -0.05) is 30.3 Å². The van der Waals surface area contributed by atoms with Crippen molar-refractivity contribution in [1.29, 1.82) is 0 Å². The molecule has 2 aromatic carbocycles. The molecule has 1 atom stereocenters. The number of methoxy groups -OCH3 is 2. The molecule has 1 aliphatic heterocycles. The molecule has 0 saturated heterocycles. The van der Waals surface area contributed by atoms with E-state index in [1.807, 2.05) is 30.3 Å². The normalized spacial score (nSPS) is 16.2. The van der Waals surface area contributed by atoms with Crippen LogP contribution in [-0.2, 0) is 9.57 Å². The molecular weight excluding hydrogens is 336 g/mol. The van der Waals surface area contributed by atoms with Gasteiger partial charge in [0.2, 0.25) is 0 Å². The first-order chi connectivity index (χ1) is 12.7. The molecule has 0 bridgehead atoms. The summed E-state index contributed by atoms with van der Waals surface area (Å²) in [5.41, 5.74) is 4.06. The number of amidine groups is 1. The lowest BCUT2D eigenvalue weighted by molar-refractivity contribution is -0.0350. The molecule has 26 heavy (non-hydrogen) atoms. The van der Waals surface area contributed by atoms with Crippen LogP contribution in [0.25, 0.3) is 0 Å². The van der Waals surface area contributed by atoms with Crippen molar-refractivity contribution in [2.75, 3.05) is 27.4 Å². The molecule has 1 aliphatic rings. The van der Waals surface area contributed by atoms with Crippen LogP contribution in [0.1, 0.15) is 15.9 Å². The fourth-order valence-corrected chi connectivity index (χ4v) is 2.45. The van der Waals surface area contributed by atoms with E-state index in [0.717, 1.165) is 5.56 Å². The van der Waals surface area contributed by atoms with Gasteiger partial charge in [-0.05, 0) is 12.1 Å². The highest BCUT2D eigenvalue weighted by molar-refractivity contribution is 5.98. The predicted molar refractivity (Wildman–Crippen MR) is 95.7 cm³/mol. The largest absolute Gasteiger partial charge is 0.497 e. The van der Waals surface area contributed by atoms with Crippen molar-refractivity contribution < 1.29 is 23.8 Å². The number of rotatable bonds is 6. The topological polar surface area (TPSA) is 78.4 Å². The molecule has 0 spiro atoms. The van der Waals surface area contributed by atoms with Crippen molar-refractivity contribution in [2.24, 2.45) is 4.99 Å². The van der Waals surface area contributed by atoms with Gasteiger partial charge in [0, 0.05) is 11.6 Å². The summed E-state index contributed by atoms with van der Waals surface area (Å²) in [4.78, 5) is 22.2. The molecule has 1 N–H and O–H groups in total. The van der Waals surface area contributed by atoms with Gasteiger partial charge in [-0.2, -0.15) is 0 Å². The lowest BCUT2D eigenvalue weighted by Crippen LogP contribution is -2.40. The number of benzene rings is 2. The van der Waals surface area contributed by atoms with Crippen LogP contribution in [0.4, 0.5) is 0 Å². The maximum Gasteiger partial charge on any atom is 0.342 e. The van der Waals surface area contributed by atoms with Gasteiger partial charge < -0.3 is 14.2 Å². The molecule has 3 rings (SSSR count). The summed E-state index contributed by atoms with van der Waals surface area (Å²) in [6, 6.07) is 14.6. The Labute approximate surface area is 151 Å². The monoisotopic (exact) mass is 356 g/mol. The molecule has 1 heterocycles. The van der Waals surface area contributed by atoms with Crippen LogP contribution in [-0.4, -0.2) is 45.3 Å². The van der Waals surface area contributed by atoms with E-state index in [1.54, 1.807) is 25.3 Å². The van der Waals surface area contributed by atoms with Crippen molar-refractivity contribution in [2.45, 2.75) is 6.10 Å². The van der Waals surface area contributed by atoms with Crippen molar-refractivity contribution in [3.63, 3.8) is 0 Å². The SMILES string of the molecule is COc1ccc(C(=O)OC[C@@H]2CN=C(c3ccccc3)NO2)c(OC)c1. The maximum absolute atomic E-state index is 12.3. The number of carbonyl (C=O) groups excluding carboxylic acids is 1. The molecule has 0 unspecified atom stereocenters. The zero-order chi connectivity index (χ0) is 18.4. The fourth-order valence-electron chi connectivity index (χ4n) is 2.45. The summed E-state index contributed by atoms with van der Waals surface area (Å²) < 4.78 is 15.7. The highest BCUT2D eigenvalue weighted by Gasteiger charge is 2.21. The predicted octanol–water partition coefficient (Wildman–Crippen LogP) is 2.21. The number of esters is 1. The first-order valence-corrected chi connectivity index (χ1v) is 8.12. The van der Waals surface area contributed by atoms with Gasteiger partial charge in [-0.15, -0.1) is 0 Å². The van der Waals surface area contributed by atoms with Crippen LogP contribution in [0, 0.1) is 0 Å². The fraction of sp³-hybridized carbons (Fsp3) is 0.263. The van der Waals surface area contributed by atoms with Crippen molar-refractivity contribution >= 4 is 11.8 Å². The molecule has 7 heteroatoms. The Kier molecular flexibility index (Phi) is 5.70. The number of hydrogen-bond acceptors (Lipinski definition) is 7. The average molecular weight is 356 g/mol. The third kappa shape index (κ3) is 4.12. The Balaban J connectivity index is 1.57. The second kappa shape index (κ2) is 8.35. The first-order valence-electron chi connectivity index (χ1n) is 8.12. The third-order valence-corrected chi connectivity index (χ3v) is 3.85. The minimum atomic E-state index is -0.495. The number of ether oxygens (including phenoxy) is 3. The molecule has 0 amide bonds. The summed E-state index contributed by atoms with van der Waals surface area (Å²) in [7, 11) is 3.03. The summed E-state index contributed by atoms with van der Waals surface area (Å²) >= 11 is 0. The van der Waals surface area contributed by atoms with Crippen LogP contribution in [0.3, 0.4) is 0 Å². The Morgan fingerprint density at radius 2 is 2.00 bits per heavy atom. The van der Waals surface area contributed by atoms with Gasteiger partial charge in [0.15, 0.2) is 5.84 Å². The van der Waals surface area contributed by atoms with Gasteiger partial charge in [-0.25, -0.2) is 10.3 Å². The summed E-state index contributed by atoms with van der Waals surface area (Å²) in [5, 5.41) is 0. The highest BCUT2D eigenvalue weighted by Crippen LogP contribution is 2.25. The van der Waals surface area contributed by atoms with Gasteiger partial charge in [0.05, 0.1) is 20.8 Å². The number of nitrogens with one attached hydrogen (secondary N) is 1. The molecular formula is C19H20N2O5. The van der Waals surface area contributed by atoms with E-state index in [4.69, 9.17) is 19.0 Å². The maximum atomic E-state index is 12.3. The number of carbonyl (C=O) groups is 1. The van der Waals surface area contributed by atoms with Crippen LogP contribution < -0.4 is 15.0 Å². The molecule has 0 aliphatic carbocycles.